The molecule has 7 nitrogen and oxygen atoms in total. The van der Waals surface area contributed by atoms with Gasteiger partial charge in [-0.15, -0.1) is 5.10 Å². The van der Waals surface area contributed by atoms with Gasteiger partial charge in [-0.2, -0.15) is 4.98 Å². The zero-order valence-corrected chi connectivity index (χ0v) is 14.9. The lowest BCUT2D eigenvalue weighted by atomic mass is 10.2. The van der Waals surface area contributed by atoms with Crippen molar-refractivity contribution < 1.29 is 9.53 Å². The van der Waals surface area contributed by atoms with Crippen LogP contribution < -0.4 is 5.32 Å². The summed E-state index contributed by atoms with van der Waals surface area (Å²) in [5.41, 5.74) is 1.28. The summed E-state index contributed by atoms with van der Waals surface area (Å²) in [5, 5.41) is 6.99. The molecule has 0 saturated carbocycles. The third-order valence-electron chi connectivity index (χ3n) is 4.09. The van der Waals surface area contributed by atoms with Gasteiger partial charge in [0.1, 0.15) is 0 Å². The topological polar surface area (TPSA) is 72.3 Å². The SMILES string of the molecule is Cn1nc(C(=O)NCC2CN(Cc3ccccc3)CCCO2)nc1Cl. The number of nitrogens with one attached hydrogen (secondary N) is 1. The Kier molecular flexibility index (Phi) is 6.01. The number of nitrogens with zero attached hydrogens (tertiary/aromatic N) is 4. The predicted octanol–water partition coefficient (Wildman–Crippen LogP) is 1.49. The van der Waals surface area contributed by atoms with Crippen LogP contribution in [-0.4, -0.2) is 57.9 Å². The summed E-state index contributed by atoms with van der Waals surface area (Å²) >= 11 is 5.82. The number of hydrogen-bond acceptors (Lipinski definition) is 5. The van der Waals surface area contributed by atoms with Crippen molar-refractivity contribution in [2.45, 2.75) is 19.1 Å². The minimum atomic E-state index is -0.343. The molecule has 0 radical (unpaired) electrons. The van der Waals surface area contributed by atoms with E-state index in [2.05, 4.69) is 32.4 Å². The standard InChI is InChI=1S/C17H22ClN5O2/c1-22-17(18)20-15(21-22)16(24)19-10-14-12-23(8-5-9-25-14)11-13-6-3-2-4-7-13/h2-4,6-7,14H,5,8-12H2,1H3,(H,19,24). The summed E-state index contributed by atoms with van der Waals surface area (Å²) in [5.74, 6) is -0.271. The van der Waals surface area contributed by atoms with Crippen molar-refractivity contribution in [1.82, 2.24) is 25.0 Å². The summed E-state index contributed by atoms with van der Waals surface area (Å²) in [4.78, 5) is 18.4. The Bertz CT molecular complexity index is 687. The molecule has 1 amide bonds. The van der Waals surface area contributed by atoms with E-state index in [1.54, 1.807) is 7.05 Å². The van der Waals surface area contributed by atoms with Crippen molar-refractivity contribution in [2.24, 2.45) is 7.05 Å². The summed E-state index contributed by atoms with van der Waals surface area (Å²) in [7, 11) is 1.64. The van der Waals surface area contributed by atoms with E-state index in [0.717, 1.165) is 26.1 Å². The predicted molar refractivity (Wildman–Crippen MR) is 94.4 cm³/mol. The van der Waals surface area contributed by atoms with Gasteiger partial charge in [0, 0.05) is 39.8 Å². The molecule has 0 aliphatic carbocycles. The van der Waals surface area contributed by atoms with Gasteiger partial charge < -0.3 is 10.1 Å². The van der Waals surface area contributed by atoms with Crippen molar-refractivity contribution in [3.63, 3.8) is 0 Å². The van der Waals surface area contributed by atoms with Crippen LogP contribution in [0.4, 0.5) is 0 Å². The zero-order chi connectivity index (χ0) is 17.6. The molecule has 1 aliphatic heterocycles. The minimum absolute atomic E-state index is 0.0608. The van der Waals surface area contributed by atoms with E-state index in [9.17, 15) is 4.79 Å². The zero-order valence-electron chi connectivity index (χ0n) is 14.2. The quantitative estimate of drug-likeness (QED) is 0.871. The molecule has 8 heteroatoms. The van der Waals surface area contributed by atoms with Crippen LogP contribution in [0, 0.1) is 0 Å². The van der Waals surface area contributed by atoms with Crippen LogP contribution in [-0.2, 0) is 18.3 Å². The molecule has 0 bridgehead atoms. The van der Waals surface area contributed by atoms with E-state index >= 15 is 0 Å². The lowest BCUT2D eigenvalue weighted by molar-refractivity contribution is 0.0509. The number of benzene rings is 1. The van der Waals surface area contributed by atoms with Gasteiger partial charge in [-0.3, -0.25) is 9.69 Å². The van der Waals surface area contributed by atoms with Crippen molar-refractivity contribution in [3.05, 3.63) is 47.0 Å². The fourth-order valence-corrected chi connectivity index (χ4v) is 2.94. The maximum Gasteiger partial charge on any atom is 0.291 e. The second-order valence-electron chi connectivity index (χ2n) is 6.11. The van der Waals surface area contributed by atoms with Crippen LogP contribution in [0.5, 0.6) is 0 Å². The molecule has 0 spiro atoms. The smallest absolute Gasteiger partial charge is 0.291 e. The summed E-state index contributed by atoms with van der Waals surface area (Å²) < 4.78 is 7.22. The molecule has 134 valence electrons. The second-order valence-corrected chi connectivity index (χ2v) is 6.44. The molecule has 25 heavy (non-hydrogen) atoms. The number of hydrogen-bond donors (Lipinski definition) is 1. The number of rotatable bonds is 5. The van der Waals surface area contributed by atoms with Gasteiger partial charge in [0.15, 0.2) is 0 Å². The van der Waals surface area contributed by atoms with Crippen LogP contribution in [0.2, 0.25) is 5.28 Å². The first-order valence-electron chi connectivity index (χ1n) is 8.34. The largest absolute Gasteiger partial charge is 0.375 e. The molecule has 1 aromatic heterocycles. The van der Waals surface area contributed by atoms with Crippen LogP contribution in [0.25, 0.3) is 0 Å². The summed E-state index contributed by atoms with van der Waals surface area (Å²) in [6.07, 6.45) is 0.920. The van der Waals surface area contributed by atoms with Crippen molar-refractivity contribution in [3.8, 4) is 0 Å². The first kappa shape index (κ1) is 17.8. The normalized spacial score (nSPS) is 18.7. The molecule has 2 aromatic rings. The molecule has 1 unspecified atom stereocenters. The van der Waals surface area contributed by atoms with Gasteiger partial charge in [-0.25, -0.2) is 4.68 Å². The molecular weight excluding hydrogens is 342 g/mol. The Balaban J connectivity index is 1.53. The number of aryl methyl sites for hydroxylation is 1. The van der Waals surface area contributed by atoms with Gasteiger partial charge in [0.05, 0.1) is 6.10 Å². The Hall–Kier alpha value is -1.96. The van der Waals surface area contributed by atoms with Gasteiger partial charge >= 0.3 is 0 Å². The summed E-state index contributed by atoms with van der Waals surface area (Å²) in [6.45, 7) is 3.74. The number of carbonyl (C=O) groups is 1. The van der Waals surface area contributed by atoms with Gasteiger partial charge in [-0.05, 0) is 23.6 Å². The molecule has 2 heterocycles. The minimum Gasteiger partial charge on any atom is -0.375 e. The molecule has 1 N–H and O–H groups in total. The number of ether oxygens (including phenoxy) is 1. The van der Waals surface area contributed by atoms with E-state index in [4.69, 9.17) is 16.3 Å². The van der Waals surface area contributed by atoms with Crippen LogP contribution >= 0.6 is 11.6 Å². The summed E-state index contributed by atoms with van der Waals surface area (Å²) in [6, 6.07) is 10.4. The molecule has 3 rings (SSSR count). The van der Waals surface area contributed by atoms with E-state index in [1.165, 1.54) is 10.2 Å². The third kappa shape index (κ3) is 5.01. The Morgan fingerprint density at radius 1 is 1.40 bits per heavy atom. The second kappa shape index (κ2) is 8.42. The molecule has 1 atom stereocenters. The lowest BCUT2D eigenvalue weighted by Crippen LogP contribution is -2.40. The highest BCUT2D eigenvalue weighted by Crippen LogP contribution is 2.11. The highest BCUT2D eigenvalue weighted by molar-refractivity contribution is 6.28. The first-order valence-corrected chi connectivity index (χ1v) is 8.72. The van der Waals surface area contributed by atoms with Crippen molar-refractivity contribution in [1.29, 1.82) is 0 Å². The Morgan fingerprint density at radius 2 is 2.20 bits per heavy atom. The van der Waals surface area contributed by atoms with Crippen LogP contribution in [0.3, 0.4) is 0 Å². The fourth-order valence-electron chi connectivity index (χ4n) is 2.83. The van der Waals surface area contributed by atoms with Crippen molar-refractivity contribution in [2.75, 3.05) is 26.2 Å². The highest BCUT2D eigenvalue weighted by Gasteiger charge is 2.21. The monoisotopic (exact) mass is 363 g/mol. The molecule has 1 fully saturated rings. The van der Waals surface area contributed by atoms with E-state index in [0.29, 0.717) is 13.2 Å². The van der Waals surface area contributed by atoms with Crippen molar-refractivity contribution >= 4 is 17.5 Å². The molecule has 1 aliphatic rings. The Labute approximate surface area is 151 Å². The van der Waals surface area contributed by atoms with E-state index < -0.39 is 0 Å². The van der Waals surface area contributed by atoms with Crippen LogP contribution in [0.15, 0.2) is 30.3 Å². The fraction of sp³-hybridized carbons (Fsp3) is 0.471. The van der Waals surface area contributed by atoms with Gasteiger partial charge in [0.2, 0.25) is 11.1 Å². The number of carbonyl (C=O) groups excluding carboxylic acids is 1. The maximum absolute atomic E-state index is 12.1. The highest BCUT2D eigenvalue weighted by atomic mass is 35.5. The molecular formula is C17H22ClN5O2. The Morgan fingerprint density at radius 3 is 2.92 bits per heavy atom. The average Bonchev–Trinajstić information content (AvgIpc) is 2.82. The van der Waals surface area contributed by atoms with E-state index in [-0.39, 0.29) is 23.1 Å². The average molecular weight is 364 g/mol. The number of aromatic nitrogens is 3. The number of amides is 1. The molecule has 1 aromatic carbocycles. The number of halogens is 1. The van der Waals surface area contributed by atoms with E-state index in [1.807, 2.05) is 18.2 Å². The van der Waals surface area contributed by atoms with Gasteiger partial charge in [0.25, 0.3) is 5.91 Å². The molecule has 1 saturated heterocycles. The first-order chi connectivity index (χ1) is 12.1. The third-order valence-corrected chi connectivity index (χ3v) is 4.42. The van der Waals surface area contributed by atoms with Gasteiger partial charge in [-0.1, -0.05) is 30.3 Å². The lowest BCUT2D eigenvalue weighted by Gasteiger charge is -2.23. The van der Waals surface area contributed by atoms with Crippen LogP contribution in [0.1, 0.15) is 22.6 Å². The maximum atomic E-state index is 12.1.